The third-order valence-electron chi connectivity index (χ3n) is 3.63. The van der Waals surface area contributed by atoms with Crippen LogP contribution < -0.4 is 10.2 Å². The van der Waals surface area contributed by atoms with Crippen LogP contribution >= 0.6 is 11.3 Å². The Hall–Kier alpha value is -1.60. The lowest BCUT2D eigenvalue weighted by Crippen LogP contribution is -3.15. The Morgan fingerprint density at radius 2 is 2.04 bits per heavy atom. The van der Waals surface area contributed by atoms with Gasteiger partial charge >= 0.3 is 6.09 Å². The molecule has 0 bridgehead atoms. The molecular weight excluding hydrogens is 314 g/mol. The number of amides is 2. The topological polar surface area (TPSA) is 63.1 Å². The van der Waals surface area contributed by atoms with Crippen molar-refractivity contribution in [3.63, 3.8) is 0 Å². The molecule has 1 aromatic heterocycles. The van der Waals surface area contributed by atoms with Crippen molar-refractivity contribution >= 4 is 23.3 Å². The molecule has 2 amide bonds. The van der Waals surface area contributed by atoms with E-state index in [2.05, 4.69) is 5.32 Å². The highest BCUT2D eigenvalue weighted by Gasteiger charge is 2.27. The molecule has 2 rings (SSSR count). The minimum absolute atomic E-state index is 0.00760. The van der Waals surface area contributed by atoms with Gasteiger partial charge in [0.2, 0.25) is 0 Å². The molecule has 0 spiro atoms. The zero-order chi connectivity index (χ0) is 16.9. The molecule has 7 heteroatoms. The van der Waals surface area contributed by atoms with Crippen molar-refractivity contribution in [2.75, 3.05) is 39.3 Å². The Morgan fingerprint density at radius 3 is 2.61 bits per heavy atom. The van der Waals surface area contributed by atoms with Crippen LogP contribution in [-0.4, -0.2) is 61.8 Å². The molecule has 0 atom stereocenters. The minimum Gasteiger partial charge on any atom is -0.444 e. The zero-order valence-corrected chi connectivity index (χ0v) is 14.9. The second-order valence-electron chi connectivity index (χ2n) is 6.70. The molecule has 1 aliphatic rings. The molecule has 0 unspecified atom stereocenters. The fourth-order valence-electron chi connectivity index (χ4n) is 2.43. The van der Waals surface area contributed by atoms with Crippen molar-refractivity contribution in [2.24, 2.45) is 0 Å². The van der Waals surface area contributed by atoms with Crippen LogP contribution in [0.5, 0.6) is 0 Å². The van der Waals surface area contributed by atoms with Crippen LogP contribution in [0.25, 0.3) is 0 Å². The first-order valence-electron chi connectivity index (χ1n) is 7.98. The van der Waals surface area contributed by atoms with Crippen LogP contribution in [0.15, 0.2) is 17.5 Å². The van der Waals surface area contributed by atoms with E-state index in [0.717, 1.165) is 24.5 Å². The summed E-state index contributed by atoms with van der Waals surface area (Å²) in [5, 5.41) is 4.84. The van der Waals surface area contributed by atoms with Gasteiger partial charge in [-0.15, -0.1) is 11.3 Å². The van der Waals surface area contributed by atoms with Crippen LogP contribution in [0, 0.1) is 0 Å². The van der Waals surface area contributed by atoms with Gasteiger partial charge in [0, 0.05) is 0 Å². The predicted octanol–water partition coefficient (Wildman–Crippen LogP) is 0.614. The third-order valence-corrected chi connectivity index (χ3v) is 4.50. The number of nitrogens with one attached hydrogen (secondary N) is 2. The number of quaternary nitrogens is 1. The smallest absolute Gasteiger partial charge is 0.410 e. The second-order valence-corrected chi connectivity index (χ2v) is 7.65. The van der Waals surface area contributed by atoms with Gasteiger partial charge in [0.15, 0.2) is 0 Å². The molecule has 6 nitrogen and oxygen atoms in total. The largest absolute Gasteiger partial charge is 0.444 e. The van der Waals surface area contributed by atoms with E-state index in [4.69, 9.17) is 4.74 Å². The quantitative estimate of drug-likeness (QED) is 0.844. The number of hydrogen-bond donors (Lipinski definition) is 2. The first-order chi connectivity index (χ1) is 10.8. The summed E-state index contributed by atoms with van der Waals surface area (Å²) in [6.45, 7) is 10.3. The molecule has 0 aliphatic carbocycles. The molecule has 1 aromatic rings. The fourth-order valence-corrected chi connectivity index (χ4v) is 3.07. The minimum atomic E-state index is -0.451. The molecule has 1 fully saturated rings. The molecule has 1 saturated heterocycles. The maximum atomic E-state index is 12.0. The third kappa shape index (κ3) is 5.84. The first kappa shape index (κ1) is 17.7. The average Bonchev–Trinajstić information content (AvgIpc) is 3.00. The van der Waals surface area contributed by atoms with E-state index in [1.54, 1.807) is 4.90 Å². The number of hydrogen-bond acceptors (Lipinski definition) is 4. The molecular formula is C16H26N3O3S+. The standard InChI is InChI=1S/C16H25N3O3S/c1-16(2,3)22-15(21)19-10-8-18(9-11-19)7-6-17-14(20)13-5-4-12-23-13/h4-5,12H,6-11H2,1-3H3,(H,17,20)/p+1. The van der Waals surface area contributed by atoms with E-state index < -0.39 is 5.60 Å². The summed E-state index contributed by atoms with van der Waals surface area (Å²) in [6, 6.07) is 3.70. The van der Waals surface area contributed by atoms with Crippen molar-refractivity contribution in [1.29, 1.82) is 0 Å². The monoisotopic (exact) mass is 340 g/mol. The van der Waals surface area contributed by atoms with Gasteiger partial charge in [-0.1, -0.05) is 6.07 Å². The average molecular weight is 340 g/mol. The van der Waals surface area contributed by atoms with Crippen LogP contribution in [0.2, 0.25) is 0 Å². The SMILES string of the molecule is CC(C)(C)OC(=O)N1CC[NH+](CCNC(=O)c2cccs2)CC1. The summed E-state index contributed by atoms with van der Waals surface area (Å²) >= 11 is 1.45. The van der Waals surface area contributed by atoms with Gasteiger partial charge in [-0.2, -0.15) is 0 Å². The Kier molecular flexibility index (Phi) is 6.01. The lowest BCUT2D eigenvalue weighted by atomic mass is 10.2. The number of carbonyl (C=O) groups is 2. The molecule has 0 aromatic carbocycles. The highest BCUT2D eigenvalue weighted by Crippen LogP contribution is 2.10. The Balaban J connectivity index is 1.65. The molecule has 2 heterocycles. The van der Waals surface area contributed by atoms with Gasteiger partial charge < -0.3 is 15.0 Å². The summed E-state index contributed by atoms with van der Waals surface area (Å²) < 4.78 is 5.39. The molecule has 0 radical (unpaired) electrons. The molecule has 128 valence electrons. The maximum absolute atomic E-state index is 12.0. The summed E-state index contributed by atoms with van der Waals surface area (Å²) in [4.78, 5) is 27.7. The number of thiophene rings is 1. The van der Waals surface area contributed by atoms with E-state index in [1.165, 1.54) is 16.2 Å². The van der Waals surface area contributed by atoms with E-state index >= 15 is 0 Å². The highest BCUT2D eigenvalue weighted by molar-refractivity contribution is 7.12. The summed E-state index contributed by atoms with van der Waals surface area (Å²) in [6.07, 6.45) is -0.234. The van der Waals surface area contributed by atoms with E-state index in [9.17, 15) is 9.59 Å². The molecule has 2 N–H and O–H groups in total. The number of rotatable bonds is 4. The van der Waals surface area contributed by atoms with Crippen LogP contribution in [0.4, 0.5) is 4.79 Å². The van der Waals surface area contributed by atoms with Gasteiger partial charge in [0.05, 0.1) is 44.1 Å². The zero-order valence-electron chi connectivity index (χ0n) is 14.1. The summed E-state index contributed by atoms with van der Waals surface area (Å²) in [7, 11) is 0. The van der Waals surface area contributed by atoms with Crippen molar-refractivity contribution in [2.45, 2.75) is 26.4 Å². The predicted molar refractivity (Wildman–Crippen MR) is 90.0 cm³/mol. The van der Waals surface area contributed by atoms with E-state index in [1.807, 2.05) is 38.3 Å². The lowest BCUT2D eigenvalue weighted by molar-refractivity contribution is -0.902. The number of piperazine rings is 1. The van der Waals surface area contributed by atoms with Gasteiger partial charge in [-0.25, -0.2) is 4.79 Å². The van der Waals surface area contributed by atoms with E-state index in [0.29, 0.717) is 19.6 Å². The van der Waals surface area contributed by atoms with Crippen LogP contribution in [0.3, 0.4) is 0 Å². The van der Waals surface area contributed by atoms with Gasteiger partial charge in [-0.3, -0.25) is 9.69 Å². The van der Waals surface area contributed by atoms with Crippen LogP contribution in [-0.2, 0) is 4.74 Å². The molecule has 23 heavy (non-hydrogen) atoms. The van der Waals surface area contributed by atoms with E-state index in [-0.39, 0.29) is 12.0 Å². The molecule has 0 saturated carbocycles. The summed E-state index contributed by atoms with van der Waals surface area (Å²) in [5.74, 6) is -0.00760. The number of ether oxygens (including phenoxy) is 1. The van der Waals surface area contributed by atoms with Crippen molar-refractivity contribution in [3.05, 3.63) is 22.4 Å². The first-order valence-corrected chi connectivity index (χ1v) is 8.86. The Morgan fingerprint density at radius 1 is 1.35 bits per heavy atom. The normalized spacial score (nSPS) is 16.2. The lowest BCUT2D eigenvalue weighted by Gasteiger charge is -2.33. The van der Waals surface area contributed by atoms with Crippen molar-refractivity contribution in [1.82, 2.24) is 10.2 Å². The van der Waals surface area contributed by atoms with Crippen molar-refractivity contribution in [3.8, 4) is 0 Å². The number of carbonyl (C=O) groups excluding carboxylic acids is 2. The molecule has 1 aliphatic heterocycles. The van der Waals surface area contributed by atoms with Gasteiger partial charge in [-0.05, 0) is 32.2 Å². The van der Waals surface area contributed by atoms with Crippen LogP contribution in [0.1, 0.15) is 30.4 Å². The second kappa shape index (κ2) is 7.79. The Bertz CT molecular complexity index is 517. The van der Waals surface area contributed by atoms with Crippen molar-refractivity contribution < 1.29 is 19.2 Å². The Labute approximate surface area is 141 Å². The summed E-state index contributed by atoms with van der Waals surface area (Å²) in [5.41, 5.74) is -0.451. The highest BCUT2D eigenvalue weighted by atomic mass is 32.1. The van der Waals surface area contributed by atoms with Gasteiger partial charge in [0.1, 0.15) is 5.60 Å². The maximum Gasteiger partial charge on any atom is 0.410 e. The fraction of sp³-hybridized carbons (Fsp3) is 0.625. The number of nitrogens with zero attached hydrogens (tertiary/aromatic N) is 1. The van der Waals surface area contributed by atoms with Gasteiger partial charge in [0.25, 0.3) is 5.91 Å².